The SMILES string of the molecule is O=C1CCN=C2C(=O)c3ccccc3C(O)=C12. The number of hydrogen-bond donors (Lipinski definition) is 1. The zero-order chi connectivity index (χ0) is 12.0. The van der Waals surface area contributed by atoms with Crippen LogP contribution in [-0.2, 0) is 4.79 Å². The molecule has 0 atom stereocenters. The number of carbonyl (C=O) groups excluding carboxylic acids is 2. The van der Waals surface area contributed by atoms with Gasteiger partial charge in [0.2, 0.25) is 5.78 Å². The molecule has 1 N–H and O–H groups in total. The number of fused-ring (bicyclic) bond motifs is 2. The van der Waals surface area contributed by atoms with E-state index in [0.717, 1.165) is 0 Å². The molecule has 0 unspecified atom stereocenters. The maximum atomic E-state index is 12.1. The summed E-state index contributed by atoms with van der Waals surface area (Å²) in [7, 11) is 0. The normalized spacial score (nSPS) is 18.7. The highest BCUT2D eigenvalue weighted by Gasteiger charge is 2.35. The summed E-state index contributed by atoms with van der Waals surface area (Å²) in [6.45, 7) is 0.318. The molecule has 1 aliphatic heterocycles. The third-order valence-electron chi connectivity index (χ3n) is 3.00. The summed E-state index contributed by atoms with van der Waals surface area (Å²) in [6.07, 6.45) is 0.248. The fourth-order valence-electron chi connectivity index (χ4n) is 2.18. The van der Waals surface area contributed by atoms with Gasteiger partial charge < -0.3 is 5.11 Å². The number of hydrogen-bond acceptors (Lipinski definition) is 4. The predicted molar refractivity (Wildman–Crippen MR) is 62.2 cm³/mol. The number of aliphatic imine (C=N–C) groups is 1. The Balaban J connectivity index is 2.36. The first-order chi connectivity index (χ1) is 8.20. The number of benzene rings is 1. The van der Waals surface area contributed by atoms with Gasteiger partial charge in [-0.2, -0.15) is 0 Å². The van der Waals surface area contributed by atoms with Gasteiger partial charge in [-0.25, -0.2) is 0 Å². The first kappa shape index (κ1) is 9.96. The van der Waals surface area contributed by atoms with Crippen LogP contribution in [0.1, 0.15) is 22.3 Å². The van der Waals surface area contributed by atoms with E-state index in [2.05, 4.69) is 4.99 Å². The van der Waals surface area contributed by atoms with Crippen LogP contribution in [0.5, 0.6) is 0 Å². The lowest BCUT2D eigenvalue weighted by molar-refractivity contribution is -0.115. The molecule has 2 aliphatic rings. The minimum Gasteiger partial charge on any atom is -0.506 e. The van der Waals surface area contributed by atoms with E-state index in [4.69, 9.17) is 0 Å². The van der Waals surface area contributed by atoms with Crippen LogP contribution >= 0.6 is 0 Å². The molecule has 0 bridgehead atoms. The second kappa shape index (κ2) is 3.38. The Morgan fingerprint density at radius 3 is 2.59 bits per heavy atom. The van der Waals surface area contributed by atoms with E-state index in [1.807, 2.05) is 0 Å². The second-order valence-electron chi connectivity index (χ2n) is 4.00. The Hall–Kier alpha value is -2.23. The predicted octanol–water partition coefficient (Wildman–Crippen LogP) is 1.57. The van der Waals surface area contributed by atoms with Gasteiger partial charge in [-0.3, -0.25) is 14.6 Å². The molecule has 0 aromatic heterocycles. The highest BCUT2D eigenvalue weighted by Crippen LogP contribution is 2.30. The summed E-state index contributed by atoms with van der Waals surface area (Å²) in [5.41, 5.74) is 1.02. The van der Waals surface area contributed by atoms with E-state index < -0.39 is 0 Å². The van der Waals surface area contributed by atoms with Crippen molar-refractivity contribution < 1.29 is 14.7 Å². The van der Waals surface area contributed by atoms with Crippen molar-refractivity contribution in [2.24, 2.45) is 4.99 Å². The van der Waals surface area contributed by atoms with Gasteiger partial charge in [0.15, 0.2) is 5.78 Å². The molecule has 84 valence electrons. The van der Waals surface area contributed by atoms with Gasteiger partial charge in [0.25, 0.3) is 0 Å². The maximum Gasteiger partial charge on any atom is 0.212 e. The van der Waals surface area contributed by atoms with Crippen molar-refractivity contribution in [1.29, 1.82) is 0 Å². The van der Waals surface area contributed by atoms with E-state index >= 15 is 0 Å². The maximum absolute atomic E-state index is 12.1. The molecule has 1 aliphatic carbocycles. The lowest BCUT2D eigenvalue weighted by atomic mass is 9.84. The zero-order valence-corrected chi connectivity index (χ0v) is 8.93. The third-order valence-corrected chi connectivity index (χ3v) is 3.00. The quantitative estimate of drug-likeness (QED) is 0.731. The zero-order valence-electron chi connectivity index (χ0n) is 8.93. The van der Waals surface area contributed by atoms with E-state index in [0.29, 0.717) is 17.7 Å². The first-order valence-corrected chi connectivity index (χ1v) is 5.35. The molecule has 0 amide bonds. The number of carbonyl (C=O) groups is 2. The smallest absolute Gasteiger partial charge is 0.212 e. The summed E-state index contributed by atoms with van der Waals surface area (Å²) in [6, 6.07) is 6.71. The number of allylic oxidation sites excluding steroid dienone is 1. The van der Waals surface area contributed by atoms with Crippen LogP contribution in [0.3, 0.4) is 0 Å². The number of rotatable bonds is 0. The van der Waals surface area contributed by atoms with E-state index in [-0.39, 0.29) is 35.0 Å². The molecular weight excluding hydrogens is 218 g/mol. The van der Waals surface area contributed by atoms with Crippen molar-refractivity contribution >= 4 is 23.0 Å². The Kier molecular flexibility index (Phi) is 1.98. The molecule has 1 aromatic carbocycles. The summed E-state index contributed by atoms with van der Waals surface area (Å²) >= 11 is 0. The van der Waals surface area contributed by atoms with Crippen molar-refractivity contribution in [3.63, 3.8) is 0 Å². The van der Waals surface area contributed by atoms with Crippen molar-refractivity contribution in [1.82, 2.24) is 0 Å². The van der Waals surface area contributed by atoms with E-state index in [9.17, 15) is 14.7 Å². The molecule has 17 heavy (non-hydrogen) atoms. The standard InChI is InChI=1S/C13H9NO3/c15-9-5-6-14-11-10(9)12(16)7-3-1-2-4-8(7)13(11)17/h1-4,16H,5-6H2. The van der Waals surface area contributed by atoms with Gasteiger partial charge in [0.1, 0.15) is 11.5 Å². The molecule has 0 radical (unpaired) electrons. The summed E-state index contributed by atoms with van der Waals surface area (Å²) < 4.78 is 0. The topological polar surface area (TPSA) is 66.7 Å². The molecule has 4 heteroatoms. The fourth-order valence-corrected chi connectivity index (χ4v) is 2.18. The minimum atomic E-state index is -0.276. The summed E-state index contributed by atoms with van der Waals surface area (Å²) in [5.74, 6) is -0.611. The summed E-state index contributed by atoms with van der Waals surface area (Å²) in [4.78, 5) is 27.9. The number of aliphatic hydroxyl groups excluding tert-OH is 1. The monoisotopic (exact) mass is 227 g/mol. The van der Waals surface area contributed by atoms with Crippen LogP contribution in [0.2, 0.25) is 0 Å². The minimum absolute atomic E-state index is 0.0833. The van der Waals surface area contributed by atoms with Gasteiger partial charge in [-0.05, 0) is 0 Å². The molecule has 3 rings (SSSR count). The van der Waals surface area contributed by atoms with Gasteiger partial charge in [-0.15, -0.1) is 0 Å². The van der Waals surface area contributed by atoms with Gasteiger partial charge in [-0.1, -0.05) is 24.3 Å². The van der Waals surface area contributed by atoms with Crippen molar-refractivity contribution in [3.05, 3.63) is 41.0 Å². The van der Waals surface area contributed by atoms with Crippen molar-refractivity contribution in [3.8, 4) is 0 Å². The third kappa shape index (κ3) is 1.27. The van der Waals surface area contributed by atoms with Crippen LogP contribution in [-0.4, -0.2) is 28.9 Å². The molecule has 4 nitrogen and oxygen atoms in total. The highest BCUT2D eigenvalue weighted by atomic mass is 16.3. The number of aliphatic hydroxyl groups is 1. The van der Waals surface area contributed by atoms with Crippen LogP contribution < -0.4 is 0 Å². The first-order valence-electron chi connectivity index (χ1n) is 5.35. The van der Waals surface area contributed by atoms with Gasteiger partial charge in [0, 0.05) is 24.1 Å². The molecule has 1 heterocycles. The second-order valence-corrected chi connectivity index (χ2v) is 4.00. The van der Waals surface area contributed by atoms with Crippen LogP contribution in [0.15, 0.2) is 34.8 Å². The van der Waals surface area contributed by atoms with Crippen LogP contribution in [0.4, 0.5) is 0 Å². The van der Waals surface area contributed by atoms with Crippen LogP contribution in [0.25, 0.3) is 5.76 Å². The van der Waals surface area contributed by atoms with E-state index in [1.54, 1.807) is 24.3 Å². The Labute approximate surface area is 97.3 Å². The number of nitrogens with zero attached hydrogens (tertiary/aromatic N) is 1. The molecule has 0 saturated carbocycles. The van der Waals surface area contributed by atoms with Crippen molar-refractivity contribution in [2.45, 2.75) is 6.42 Å². The van der Waals surface area contributed by atoms with E-state index in [1.165, 1.54) is 0 Å². The Morgan fingerprint density at radius 1 is 1.12 bits per heavy atom. The molecule has 1 aromatic rings. The summed E-state index contributed by atoms with van der Waals surface area (Å²) in [5, 5.41) is 10.1. The highest BCUT2D eigenvalue weighted by molar-refractivity contribution is 6.59. The molecule has 0 fully saturated rings. The largest absolute Gasteiger partial charge is 0.506 e. The van der Waals surface area contributed by atoms with Gasteiger partial charge in [0.05, 0.1) is 5.57 Å². The van der Waals surface area contributed by atoms with Gasteiger partial charge >= 0.3 is 0 Å². The number of Topliss-reactive ketones (excluding diaryl/α,β-unsaturated/α-hetero) is 2. The fraction of sp³-hybridized carbons (Fsp3) is 0.154. The Morgan fingerprint density at radius 2 is 1.82 bits per heavy atom. The lowest BCUT2D eigenvalue weighted by Gasteiger charge is -2.22. The molecule has 0 saturated heterocycles. The molecule has 0 spiro atoms. The Bertz CT molecular complexity index is 611. The average Bonchev–Trinajstić information content (AvgIpc) is 2.36. The average molecular weight is 227 g/mol. The van der Waals surface area contributed by atoms with Crippen molar-refractivity contribution in [2.75, 3.05) is 6.54 Å². The number of ketones is 2. The lowest BCUT2D eigenvalue weighted by Crippen LogP contribution is -2.31. The van der Waals surface area contributed by atoms with Crippen LogP contribution in [0, 0.1) is 0 Å². The molecular formula is C13H9NO3.